The quantitative estimate of drug-likeness (QED) is 0.628. The maximum absolute atomic E-state index is 14.0. The highest BCUT2D eigenvalue weighted by Crippen LogP contribution is 2.26. The molecule has 1 aromatic carbocycles. The minimum absolute atomic E-state index is 0.0588. The van der Waals surface area contributed by atoms with Crippen LogP contribution >= 0.6 is 0 Å². The second kappa shape index (κ2) is 4.77. The fourth-order valence-electron chi connectivity index (χ4n) is 2.24. The van der Waals surface area contributed by atoms with Gasteiger partial charge >= 0.3 is 0 Å². The van der Waals surface area contributed by atoms with E-state index >= 15 is 0 Å². The molecule has 4 nitrogen and oxygen atoms in total. The van der Waals surface area contributed by atoms with Crippen molar-refractivity contribution in [2.24, 2.45) is 7.05 Å². The lowest BCUT2D eigenvalue weighted by Crippen LogP contribution is -2.33. The van der Waals surface area contributed by atoms with Crippen LogP contribution in [0.25, 0.3) is 22.2 Å². The molecule has 2 radical (unpaired) electrons. The summed E-state index contributed by atoms with van der Waals surface area (Å²) >= 11 is 0. The summed E-state index contributed by atoms with van der Waals surface area (Å²) in [4.78, 5) is 11.9. The van der Waals surface area contributed by atoms with E-state index in [0.717, 1.165) is 12.1 Å². The van der Waals surface area contributed by atoms with Crippen LogP contribution in [0, 0.1) is 11.6 Å². The van der Waals surface area contributed by atoms with Gasteiger partial charge in [-0.3, -0.25) is 4.79 Å². The first kappa shape index (κ1) is 13.4. The van der Waals surface area contributed by atoms with Gasteiger partial charge in [0.15, 0.2) is 0 Å². The zero-order chi connectivity index (χ0) is 15.1. The van der Waals surface area contributed by atoms with Crippen molar-refractivity contribution in [2.45, 2.75) is 0 Å². The van der Waals surface area contributed by atoms with Crippen molar-refractivity contribution in [3.63, 3.8) is 0 Å². The molecule has 0 unspecified atom stereocenters. The Morgan fingerprint density at radius 3 is 2.71 bits per heavy atom. The van der Waals surface area contributed by atoms with E-state index in [9.17, 15) is 13.6 Å². The van der Waals surface area contributed by atoms with E-state index in [1.807, 2.05) is 0 Å². The fraction of sp³-hybridized carbons (Fsp3) is 0.0714. The molecule has 0 N–H and O–H groups in total. The number of rotatable bonds is 1. The van der Waals surface area contributed by atoms with Gasteiger partial charge in [0.2, 0.25) is 5.56 Å². The molecule has 0 saturated carbocycles. The molecule has 3 aromatic rings. The molecule has 2 heterocycles. The Bertz CT molecular complexity index is 924. The lowest BCUT2D eigenvalue weighted by Gasteiger charge is -2.11. The normalized spacial score (nSPS) is 11.0. The molecule has 0 aliphatic carbocycles. The number of aryl methyl sites for hydroxylation is 1. The number of halogens is 2. The van der Waals surface area contributed by atoms with Crippen molar-refractivity contribution in [3.8, 4) is 11.3 Å². The molecule has 0 fully saturated rings. The third kappa shape index (κ3) is 2.10. The average Bonchev–Trinajstić information content (AvgIpc) is 2.44. The van der Waals surface area contributed by atoms with Gasteiger partial charge in [0.25, 0.3) is 0 Å². The van der Waals surface area contributed by atoms with E-state index in [0.29, 0.717) is 10.9 Å². The zero-order valence-electron chi connectivity index (χ0n) is 11.0. The van der Waals surface area contributed by atoms with Crippen LogP contribution in [0.5, 0.6) is 0 Å². The summed E-state index contributed by atoms with van der Waals surface area (Å²) in [5.41, 5.74) is 0.247. The number of hydrogen-bond donors (Lipinski definition) is 0. The molecule has 0 atom stereocenters. The number of pyridine rings is 1. The van der Waals surface area contributed by atoms with Crippen molar-refractivity contribution >= 4 is 24.2 Å². The summed E-state index contributed by atoms with van der Waals surface area (Å²) in [5, 5.41) is 8.21. The van der Waals surface area contributed by atoms with Gasteiger partial charge in [-0.05, 0) is 17.6 Å². The van der Waals surface area contributed by atoms with Gasteiger partial charge in [-0.15, -0.1) is 5.10 Å². The maximum atomic E-state index is 14.0. The second-order valence-electron chi connectivity index (χ2n) is 4.59. The van der Waals surface area contributed by atoms with Gasteiger partial charge in [-0.2, -0.15) is 5.10 Å². The van der Waals surface area contributed by atoms with Gasteiger partial charge in [0, 0.05) is 24.1 Å². The van der Waals surface area contributed by atoms with Crippen LogP contribution in [0.3, 0.4) is 0 Å². The molecule has 0 amide bonds. The molecular weight excluding hydrogens is 275 g/mol. The lowest BCUT2D eigenvalue weighted by molar-refractivity contribution is 0.585. The van der Waals surface area contributed by atoms with Crippen LogP contribution in [0.2, 0.25) is 0 Å². The summed E-state index contributed by atoms with van der Waals surface area (Å²) in [7, 11) is 7.13. The number of aromatic nitrogens is 3. The van der Waals surface area contributed by atoms with E-state index in [2.05, 4.69) is 10.2 Å². The molecule has 0 spiro atoms. The summed E-state index contributed by atoms with van der Waals surface area (Å²) in [6.45, 7) is 0. The topological polar surface area (TPSA) is 47.8 Å². The van der Waals surface area contributed by atoms with E-state index in [1.165, 1.54) is 29.9 Å². The highest BCUT2D eigenvalue weighted by atomic mass is 19.1. The molecule has 7 heteroatoms. The van der Waals surface area contributed by atoms with Gasteiger partial charge in [-0.1, -0.05) is 6.07 Å². The zero-order valence-corrected chi connectivity index (χ0v) is 11.0. The minimum atomic E-state index is -0.777. The smallest absolute Gasteiger partial charge is 0.243 e. The first-order valence-electron chi connectivity index (χ1n) is 6.05. The third-order valence-electron chi connectivity index (χ3n) is 3.24. The molecule has 0 saturated heterocycles. The summed E-state index contributed by atoms with van der Waals surface area (Å²) in [6.07, 6.45) is 1.43. The molecular formula is C14H8BF2N3O. The standard InChI is InChI=1S/C14H8BF2N3O/c1-20-13-7(4-10(15)14(20)21)6-18-19-12(13)9-3-2-8(16)5-11(9)17/h2-6H,1H3. The molecule has 3 rings (SSSR count). The Morgan fingerprint density at radius 1 is 1.24 bits per heavy atom. The first-order valence-corrected chi connectivity index (χ1v) is 6.05. The molecule has 2 aromatic heterocycles. The van der Waals surface area contributed by atoms with Crippen LogP contribution in [-0.2, 0) is 7.05 Å². The van der Waals surface area contributed by atoms with Gasteiger partial charge in [0.05, 0.1) is 11.7 Å². The van der Waals surface area contributed by atoms with Crippen molar-refractivity contribution < 1.29 is 8.78 Å². The summed E-state index contributed by atoms with van der Waals surface area (Å²) < 4.78 is 28.3. The van der Waals surface area contributed by atoms with Gasteiger partial charge in [0.1, 0.15) is 25.2 Å². The SMILES string of the molecule is [B]c1cc2cnnc(-c3ccc(F)cc3F)c2n(C)c1=O. The average molecular weight is 283 g/mol. The Kier molecular flexibility index (Phi) is 3.05. The van der Waals surface area contributed by atoms with Crippen LogP contribution in [0.1, 0.15) is 0 Å². The summed E-state index contributed by atoms with van der Waals surface area (Å²) in [5.74, 6) is -1.47. The third-order valence-corrected chi connectivity index (χ3v) is 3.24. The minimum Gasteiger partial charge on any atom is -0.310 e. The van der Waals surface area contributed by atoms with E-state index in [1.54, 1.807) is 0 Å². The van der Waals surface area contributed by atoms with Crippen molar-refractivity contribution in [2.75, 3.05) is 0 Å². The van der Waals surface area contributed by atoms with E-state index in [-0.39, 0.29) is 16.7 Å². The molecule has 0 aliphatic heterocycles. The fourth-order valence-corrected chi connectivity index (χ4v) is 2.24. The number of benzene rings is 1. The molecule has 0 aliphatic rings. The number of fused-ring (bicyclic) bond motifs is 1. The predicted octanol–water partition coefficient (Wildman–Crippen LogP) is 1.07. The number of hydrogen-bond acceptors (Lipinski definition) is 3. The van der Waals surface area contributed by atoms with Crippen molar-refractivity contribution in [1.29, 1.82) is 0 Å². The van der Waals surface area contributed by atoms with E-state index in [4.69, 9.17) is 7.85 Å². The summed E-state index contributed by atoms with van der Waals surface area (Å²) in [6, 6.07) is 4.59. The highest BCUT2D eigenvalue weighted by molar-refractivity contribution is 6.32. The Morgan fingerprint density at radius 2 is 2.00 bits per heavy atom. The monoisotopic (exact) mass is 283 g/mol. The largest absolute Gasteiger partial charge is 0.310 e. The van der Waals surface area contributed by atoms with Crippen LogP contribution in [0.15, 0.2) is 35.3 Å². The van der Waals surface area contributed by atoms with Crippen molar-refractivity contribution in [1.82, 2.24) is 14.8 Å². The Balaban J connectivity index is 2.43. The van der Waals surface area contributed by atoms with Crippen LogP contribution in [-0.4, -0.2) is 22.6 Å². The van der Waals surface area contributed by atoms with Crippen LogP contribution < -0.4 is 11.0 Å². The Labute approximate surface area is 119 Å². The van der Waals surface area contributed by atoms with Crippen LogP contribution in [0.4, 0.5) is 8.78 Å². The predicted molar refractivity (Wildman–Crippen MR) is 75.5 cm³/mol. The second-order valence-corrected chi connectivity index (χ2v) is 4.59. The Hall–Kier alpha value is -2.57. The lowest BCUT2D eigenvalue weighted by atomic mass is 9.96. The molecule has 0 bridgehead atoms. The maximum Gasteiger partial charge on any atom is 0.243 e. The van der Waals surface area contributed by atoms with Gasteiger partial charge < -0.3 is 4.57 Å². The highest BCUT2D eigenvalue weighted by Gasteiger charge is 2.15. The van der Waals surface area contributed by atoms with E-state index < -0.39 is 17.2 Å². The first-order chi connectivity index (χ1) is 9.99. The molecule has 102 valence electrons. The number of nitrogens with zero attached hydrogens (tertiary/aromatic N) is 3. The van der Waals surface area contributed by atoms with Gasteiger partial charge in [-0.25, -0.2) is 8.78 Å². The molecule has 21 heavy (non-hydrogen) atoms. The van der Waals surface area contributed by atoms with Crippen molar-refractivity contribution in [3.05, 3.63) is 52.5 Å².